The Bertz CT molecular complexity index is 482. The van der Waals surface area contributed by atoms with E-state index in [-0.39, 0.29) is 17.5 Å². The highest BCUT2D eigenvalue weighted by molar-refractivity contribution is 5.40. The first kappa shape index (κ1) is 14.7. The third-order valence-corrected chi connectivity index (χ3v) is 4.91. The first-order valence-electron chi connectivity index (χ1n) is 8.13. The number of benzene rings is 1. The highest BCUT2D eigenvalue weighted by Gasteiger charge is 2.35. The summed E-state index contributed by atoms with van der Waals surface area (Å²) < 4.78 is 0. The van der Waals surface area contributed by atoms with Gasteiger partial charge < -0.3 is 15.5 Å². The van der Waals surface area contributed by atoms with Crippen LogP contribution in [0.2, 0.25) is 0 Å². The summed E-state index contributed by atoms with van der Waals surface area (Å²) in [5.74, 6) is 1.09. The van der Waals surface area contributed by atoms with Gasteiger partial charge in [0, 0.05) is 30.3 Å². The maximum atomic E-state index is 10.1. The molecule has 2 aliphatic rings. The highest BCUT2D eigenvalue weighted by atomic mass is 16.3. The molecule has 2 fully saturated rings. The van der Waals surface area contributed by atoms with E-state index in [1.54, 1.807) is 6.07 Å². The number of phenols is 2. The molecule has 3 rings (SSSR count). The van der Waals surface area contributed by atoms with Gasteiger partial charge in [0.15, 0.2) is 0 Å². The second-order valence-electron chi connectivity index (χ2n) is 6.54. The van der Waals surface area contributed by atoms with Gasteiger partial charge in [-0.05, 0) is 57.7 Å². The molecule has 21 heavy (non-hydrogen) atoms. The summed E-state index contributed by atoms with van der Waals surface area (Å²) in [6.07, 6.45) is 5.04. The fraction of sp³-hybridized carbons (Fsp3) is 0.647. The largest absolute Gasteiger partial charge is 0.508 e. The topological polar surface area (TPSA) is 55.7 Å². The van der Waals surface area contributed by atoms with Gasteiger partial charge in [0.25, 0.3) is 0 Å². The van der Waals surface area contributed by atoms with E-state index in [1.807, 2.05) is 6.07 Å². The molecule has 116 valence electrons. The van der Waals surface area contributed by atoms with Crippen molar-refractivity contribution in [1.29, 1.82) is 0 Å². The van der Waals surface area contributed by atoms with Crippen LogP contribution in [0.3, 0.4) is 0 Å². The smallest absolute Gasteiger partial charge is 0.124 e. The van der Waals surface area contributed by atoms with E-state index in [4.69, 9.17) is 0 Å². The van der Waals surface area contributed by atoms with Gasteiger partial charge in [-0.1, -0.05) is 6.07 Å². The number of piperidine rings is 1. The number of hydrogen-bond donors (Lipinski definition) is 3. The van der Waals surface area contributed by atoms with Gasteiger partial charge in [-0.3, -0.25) is 4.90 Å². The molecule has 0 amide bonds. The Kier molecular flexibility index (Phi) is 4.36. The molecule has 4 nitrogen and oxygen atoms in total. The van der Waals surface area contributed by atoms with Crippen LogP contribution < -0.4 is 5.32 Å². The Hall–Kier alpha value is -1.26. The van der Waals surface area contributed by atoms with Crippen molar-refractivity contribution in [3.8, 4) is 11.5 Å². The predicted octanol–water partition coefficient (Wildman–Crippen LogP) is 2.62. The first-order valence-corrected chi connectivity index (χ1v) is 8.13. The van der Waals surface area contributed by atoms with Gasteiger partial charge in [-0.25, -0.2) is 0 Å². The number of rotatable bonds is 5. The van der Waals surface area contributed by atoms with Crippen molar-refractivity contribution in [1.82, 2.24) is 10.2 Å². The molecule has 0 radical (unpaired) electrons. The summed E-state index contributed by atoms with van der Waals surface area (Å²) >= 11 is 0. The molecule has 1 aliphatic carbocycles. The zero-order chi connectivity index (χ0) is 14.8. The number of aromatic hydroxyl groups is 2. The Labute approximate surface area is 126 Å². The standard InChI is InChI=1S/C17H26N2O2/c1-12(16-5-4-15(20)10-17(16)21)19(14-2-3-14)11-13-6-8-18-9-7-13/h4-5,10,12-14,18,20-21H,2-3,6-9,11H2,1H3. The highest BCUT2D eigenvalue weighted by Crippen LogP contribution is 2.39. The van der Waals surface area contributed by atoms with Crippen molar-refractivity contribution in [2.24, 2.45) is 5.92 Å². The van der Waals surface area contributed by atoms with Gasteiger partial charge in [-0.2, -0.15) is 0 Å². The van der Waals surface area contributed by atoms with Crippen LogP contribution in [-0.4, -0.2) is 40.8 Å². The molecular formula is C17H26N2O2. The summed E-state index contributed by atoms with van der Waals surface area (Å²) in [5, 5.41) is 23.0. The number of nitrogens with one attached hydrogen (secondary N) is 1. The maximum absolute atomic E-state index is 10.1. The minimum atomic E-state index is 0.125. The minimum Gasteiger partial charge on any atom is -0.508 e. The first-order chi connectivity index (χ1) is 10.1. The average molecular weight is 290 g/mol. The second-order valence-corrected chi connectivity index (χ2v) is 6.54. The van der Waals surface area contributed by atoms with Crippen molar-refractivity contribution in [2.75, 3.05) is 19.6 Å². The molecule has 3 N–H and O–H groups in total. The molecule has 1 aromatic carbocycles. The zero-order valence-corrected chi connectivity index (χ0v) is 12.8. The SMILES string of the molecule is CC(c1ccc(O)cc1O)N(CC1CCNCC1)C1CC1. The van der Waals surface area contributed by atoms with Crippen LogP contribution in [0, 0.1) is 5.92 Å². The van der Waals surface area contributed by atoms with Crippen molar-refractivity contribution >= 4 is 0 Å². The number of hydrogen-bond acceptors (Lipinski definition) is 4. The van der Waals surface area contributed by atoms with Crippen LogP contribution in [0.1, 0.15) is 44.2 Å². The number of nitrogens with zero attached hydrogens (tertiary/aromatic N) is 1. The molecule has 1 atom stereocenters. The third-order valence-electron chi connectivity index (χ3n) is 4.91. The molecule has 4 heteroatoms. The van der Waals surface area contributed by atoms with Crippen molar-refractivity contribution in [2.45, 2.75) is 44.7 Å². The summed E-state index contributed by atoms with van der Waals surface area (Å²) in [4.78, 5) is 2.56. The summed E-state index contributed by atoms with van der Waals surface area (Å²) in [6, 6.07) is 5.84. The monoisotopic (exact) mass is 290 g/mol. The normalized spacial score (nSPS) is 21.6. The Balaban J connectivity index is 1.73. The van der Waals surface area contributed by atoms with Crippen molar-refractivity contribution < 1.29 is 10.2 Å². The van der Waals surface area contributed by atoms with Crippen molar-refractivity contribution in [3.63, 3.8) is 0 Å². The molecule has 0 spiro atoms. The fourth-order valence-electron chi connectivity index (χ4n) is 3.46. The molecule has 0 bridgehead atoms. The van der Waals surface area contributed by atoms with Crippen LogP contribution in [0.5, 0.6) is 11.5 Å². The molecule has 1 saturated heterocycles. The molecule has 1 saturated carbocycles. The van der Waals surface area contributed by atoms with Gasteiger partial charge in [-0.15, -0.1) is 0 Å². The van der Waals surface area contributed by atoms with Gasteiger partial charge in [0.2, 0.25) is 0 Å². The summed E-state index contributed by atoms with van der Waals surface area (Å²) in [6.45, 7) is 5.54. The van der Waals surface area contributed by atoms with Crippen molar-refractivity contribution in [3.05, 3.63) is 23.8 Å². The lowest BCUT2D eigenvalue weighted by molar-refractivity contribution is 0.150. The van der Waals surface area contributed by atoms with E-state index in [0.717, 1.165) is 31.1 Å². The lowest BCUT2D eigenvalue weighted by Gasteiger charge is -2.34. The summed E-state index contributed by atoms with van der Waals surface area (Å²) in [7, 11) is 0. The lowest BCUT2D eigenvalue weighted by atomic mass is 9.95. The molecule has 1 unspecified atom stereocenters. The predicted molar refractivity (Wildman–Crippen MR) is 83.5 cm³/mol. The zero-order valence-electron chi connectivity index (χ0n) is 12.8. The van der Waals surface area contributed by atoms with Crippen LogP contribution in [-0.2, 0) is 0 Å². The molecule has 1 aromatic rings. The summed E-state index contributed by atoms with van der Waals surface area (Å²) in [5.41, 5.74) is 0.925. The van der Waals surface area contributed by atoms with E-state index in [0.29, 0.717) is 6.04 Å². The Morgan fingerprint density at radius 3 is 2.52 bits per heavy atom. The van der Waals surface area contributed by atoms with E-state index in [2.05, 4.69) is 17.1 Å². The van der Waals surface area contributed by atoms with Crippen LogP contribution in [0.25, 0.3) is 0 Å². The maximum Gasteiger partial charge on any atom is 0.124 e. The average Bonchev–Trinajstić information content (AvgIpc) is 3.30. The third kappa shape index (κ3) is 3.50. The van der Waals surface area contributed by atoms with Gasteiger partial charge >= 0.3 is 0 Å². The van der Waals surface area contributed by atoms with Crippen LogP contribution >= 0.6 is 0 Å². The van der Waals surface area contributed by atoms with E-state index >= 15 is 0 Å². The quantitative estimate of drug-likeness (QED) is 0.780. The van der Waals surface area contributed by atoms with Gasteiger partial charge in [0.1, 0.15) is 11.5 Å². The fourth-order valence-corrected chi connectivity index (χ4v) is 3.46. The van der Waals surface area contributed by atoms with E-state index in [1.165, 1.54) is 31.7 Å². The molecule has 0 aromatic heterocycles. The van der Waals surface area contributed by atoms with Crippen LogP contribution in [0.15, 0.2) is 18.2 Å². The Morgan fingerprint density at radius 2 is 1.90 bits per heavy atom. The lowest BCUT2D eigenvalue weighted by Crippen LogP contribution is -2.38. The molecule has 1 aliphatic heterocycles. The Morgan fingerprint density at radius 1 is 1.19 bits per heavy atom. The minimum absolute atomic E-state index is 0.125. The van der Waals surface area contributed by atoms with E-state index < -0.39 is 0 Å². The second kappa shape index (κ2) is 6.24. The van der Waals surface area contributed by atoms with E-state index in [9.17, 15) is 10.2 Å². The van der Waals surface area contributed by atoms with Crippen LogP contribution in [0.4, 0.5) is 0 Å². The van der Waals surface area contributed by atoms with Gasteiger partial charge in [0.05, 0.1) is 0 Å². The molecule has 1 heterocycles. The molecular weight excluding hydrogens is 264 g/mol. The number of phenolic OH excluding ortho intramolecular Hbond substituents is 2.